The molecule has 0 aromatic heterocycles. The predicted octanol–water partition coefficient (Wildman–Crippen LogP) is 3.32. The second-order valence-electron chi connectivity index (χ2n) is 4.72. The van der Waals surface area contributed by atoms with E-state index >= 15 is 0 Å². The molecule has 1 aromatic rings. The fraction of sp³-hybridized carbons (Fsp3) is 0.462. The molecule has 94 valence electrons. The van der Waals surface area contributed by atoms with Gasteiger partial charge in [0.05, 0.1) is 7.11 Å². The quantitative estimate of drug-likeness (QED) is 0.585. The van der Waals surface area contributed by atoms with Crippen LogP contribution in [0.25, 0.3) is 0 Å². The molecule has 0 aliphatic heterocycles. The number of benzene rings is 1. The van der Waals surface area contributed by atoms with Crippen molar-refractivity contribution in [2.45, 2.75) is 33.3 Å². The summed E-state index contributed by atoms with van der Waals surface area (Å²) in [6.07, 6.45) is -0.735. The van der Waals surface area contributed by atoms with Crippen molar-refractivity contribution in [2.24, 2.45) is 0 Å². The molecule has 0 bridgehead atoms. The second kappa shape index (κ2) is 5.08. The molecule has 1 rings (SSSR count). The summed E-state index contributed by atoms with van der Waals surface area (Å²) < 4.78 is 15.3. The van der Waals surface area contributed by atoms with Crippen molar-refractivity contribution >= 4 is 6.16 Å². The third-order valence-electron chi connectivity index (χ3n) is 1.90. The average Bonchev–Trinajstić information content (AvgIpc) is 2.14. The molecule has 0 radical (unpaired) electrons. The lowest BCUT2D eigenvalue weighted by Crippen LogP contribution is -2.26. The summed E-state index contributed by atoms with van der Waals surface area (Å²) in [5, 5.41) is 0. The van der Waals surface area contributed by atoms with Crippen LogP contribution in [0.5, 0.6) is 11.5 Å². The highest BCUT2D eigenvalue weighted by atomic mass is 16.7. The minimum Gasteiger partial charge on any atom is -0.493 e. The molecule has 0 spiro atoms. The van der Waals surface area contributed by atoms with E-state index in [2.05, 4.69) is 0 Å². The summed E-state index contributed by atoms with van der Waals surface area (Å²) >= 11 is 0. The van der Waals surface area contributed by atoms with Crippen molar-refractivity contribution in [1.29, 1.82) is 0 Å². The Morgan fingerprint density at radius 2 is 1.82 bits per heavy atom. The van der Waals surface area contributed by atoms with Gasteiger partial charge in [-0.1, -0.05) is 6.07 Å². The largest absolute Gasteiger partial charge is 0.514 e. The van der Waals surface area contributed by atoms with Crippen LogP contribution < -0.4 is 9.47 Å². The van der Waals surface area contributed by atoms with Gasteiger partial charge in [0.25, 0.3) is 0 Å². The molecule has 0 aliphatic rings. The maximum atomic E-state index is 11.5. The molecular formula is C13H18O4. The average molecular weight is 238 g/mol. The van der Waals surface area contributed by atoms with Gasteiger partial charge in [0.1, 0.15) is 5.60 Å². The monoisotopic (exact) mass is 238 g/mol. The number of ether oxygens (including phenoxy) is 3. The molecular weight excluding hydrogens is 220 g/mol. The van der Waals surface area contributed by atoms with Gasteiger partial charge in [-0.25, -0.2) is 4.79 Å². The first-order chi connectivity index (χ1) is 7.81. The lowest BCUT2D eigenvalue weighted by molar-refractivity contribution is 0.0201. The van der Waals surface area contributed by atoms with Crippen LogP contribution in [0.4, 0.5) is 4.79 Å². The van der Waals surface area contributed by atoms with Crippen molar-refractivity contribution in [3.05, 3.63) is 23.8 Å². The van der Waals surface area contributed by atoms with Crippen LogP contribution >= 0.6 is 0 Å². The molecule has 0 atom stereocenters. The highest BCUT2D eigenvalue weighted by Gasteiger charge is 2.19. The minimum atomic E-state index is -0.735. The molecule has 0 saturated carbocycles. The van der Waals surface area contributed by atoms with Gasteiger partial charge in [0.15, 0.2) is 11.5 Å². The summed E-state index contributed by atoms with van der Waals surface area (Å²) in [7, 11) is 1.52. The lowest BCUT2D eigenvalue weighted by atomic mass is 10.2. The van der Waals surface area contributed by atoms with Crippen molar-refractivity contribution in [2.75, 3.05) is 7.11 Å². The van der Waals surface area contributed by atoms with Gasteiger partial charge in [0, 0.05) is 0 Å². The zero-order chi connectivity index (χ0) is 13.1. The van der Waals surface area contributed by atoms with E-state index in [0.29, 0.717) is 11.5 Å². The molecule has 17 heavy (non-hydrogen) atoms. The number of carbonyl (C=O) groups is 1. The van der Waals surface area contributed by atoms with Crippen molar-refractivity contribution in [1.82, 2.24) is 0 Å². The zero-order valence-electron chi connectivity index (χ0n) is 10.9. The van der Waals surface area contributed by atoms with Crippen LogP contribution in [0.3, 0.4) is 0 Å². The van der Waals surface area contributed by atoms with Crippen LogP contribution in [-0.2, 0) is 4.74 Å². The van der Waals surface area contributed by atoms with Gasteiger partial charge in [-0.05, 0) is 45.4 Å². The van der Waals surface area contributed by atoms with E-state index in [-0.39, 0.29) is 0 Å². The fourth-order valence-electron chi connectivity index (χ4n) is 1.22. The lowest BCUT2D eigenvalue weighted by Gasteiger charge is -2.19. The van der Waals surface area contributed by atoms with Crippen LogP contribution in [0.15, 0.2) is 18.2 Å². The molecule has 0 heterocycles. The number of hydrogen-bond donors (Lipinski definition) is 0. The van der Waals surface area contributed by atoms with E-state index in [1.807, 2.05) is 13.0 Å². The Morgan fingerprint density at radius 1 is 1.18 bits per heavy atom. The second-order valence-corrected chi connectivity index (χ2v) is 4.72. The molecule has 1 aromatic carbocycles. The van der Waals surface area contributed by atoms with Gasteiger partial charge in [-0.15, -0.1) is 0 Å². The Balaban J connectivity index is 2.80. The van der Waals surface area contributed by atoms with Crippen LogP contribution in [0.1, 0.15) is 26.3 Å². The standard InChI is InChI=1S/C13H18O4/c1-9-6-7-10(15-5)11(8-9)16-12(14)17-13(2,3)4/h6-8H,1-5H3. The highest BCUT2D eigenvalue weighted by molar-refractivity contribution is 5.66. The van der Waals surface area contributed by atoms with Gasteiger partial charge < -0.3 is 14.2 Å². The van der Waals surface area contributed by atoms with Crippen molar-refractivity contribution in [3.8, 4) is 11.5 Å². The van der Waals surface area contributed by atoms with Gasteiger partial charge in [-0.3, -0.25) is 0 Å². The van der Waals surface area contributed by atoms with E-state index in [1.165, 1.54) is 7.11 Å². The maximum Gasteiger partial charge on any atom is 0.514 e. The number of hydrogen-bond acceptors (Lipinski definition) is 4. The highest BCUT2D eigenvalue weighted by Crippen LogP contribution is 2.28. The summed E-state index contributed by atoms with van der Waals surface area (Å²) in [5.74, 6) is 0.864. The number of rotatable bonds is 2. The Labute approximate surface area is 101 Å². The first-order valence-corrected chi connectivity index (χ1v) is 5.37. The number of methoxy groups -OCH3 is 1. The van der Waals surface area contributed by atoms with Gasteiger partial charge >= 0.3 is 6.16 Å². The van der Waals surface area contributed by atoms with Crippen LogP contribution in [0.2, 0.25) is 0 Å². The molecule has 0 N–H and O–H groups in total. The summed E-state index contributed by atoms with van der Waals surface area (Å²) in [6.45, 7) is 7.24. The van der Waals surface area contributed by atoms with Crippen molar-refractivity contribution in [3.63, 3.8) is 0 Å². The van der Waals surface area contributed by atoms with Crippen LogP contribution in [0, 0.1) is 6.92 Å². The third kappa shape index (κ3) is 4.34. The smallest absolute Gasteiger partial charge is 0.493 e. The minimum absolute atomic E-state index is 0.363. The normalized spacial score (nSPS) is 10.9. The molecule has 0 fully saturated rings. The fourth-order valence-corrected chi connectivity index (χ4v) is 1.22. The Morgan fingerprint density at radius 3 is 2.35 bits per heavy atom. The van der Waals surface area contributed by atoms with E-state index in [9.17, 15) is 4.79 Å². The molecule has 0 aliphatic carbocycles. The topological polar surface area (TPSA) is 44.8 Å². The van der Waals surface area contributed by atoms with Gasteiger partial charge in [-0.2, -0.15) is 0 Å². The summed E-state index contributed by atoms with van der Waals surface area (Å²) in [4.78, 5) is 11.5. The predicted molar refractivity (Wildman–Crippen MR) is 64.6 cm³/mol. The molecule has 0 amide bonds. The first kappa shape index (κ1) is 13.4. The summed E-state index contributed by atoms with van der Waals surface area (Å²) in [6, 6.07) is 5.35. The maximum absolute atomic E-state index is 11.5. The third-order valence-corrected chi connectivity index (χ3v) is 1.90. The number of carbonyl (C=O) groups excluding carboxylic acids is 1. The Kier molecular flexibility index (Phi) is 3.99. The Hall–Kier alpha value is -1.71. The molecule has 0 saturated heterocycles. The molecule has 4 nitrogen and oxygen atoms in total. The van der Waals surface area contributed by atoms with E-state index in [0.717, 1.165) is 5.56 Å². The van der Waals surface area contributed by atoms with E-state index in [1.54, 1.807) is 32.9 Å². The molecule has 0 unspecified atom stereocenters. The first-order valence-electron chi connectivity index (χ1n) is 5.37. The molecule has 4 heteroatoms. The Bertz CT molecular complexity index is 404. The van der Waals surface area contributed by atoms with Gasteiger partial charge in [0.2, 0.25) is 0 Å². The van der Waals surface area contributed by atoms with E-state index < -0.39 is 11.8 Å². The summed E-state index contributed by atoms with van der Waals surface area (Å²) in [5.41, 5.74) is 0.401. The zero-order valence-corrected chi connectivity index (χ0v) is 10.9. The van der Waals surface area contributed by atoms with Crippen molar-refractivity contribution < 1.29 is 19.0 Å². The van der Waals surface area contributed by atoms with Crippen LogP contribution in [-0.4, -0.2) is 18.9 Å². The van der Waals surface area contributed by atoms with E-state index in [4.69, 9.17) is 14.2 Å². The number of aryl methyl sites for hydroxylation is 1. The SMILES string of the molecule is COc1ccc(C)cc1OC(=O)OC(C)(C)C.